The Bertz CT molecular complexity index is 619. The van der Waals surface area contributed by atoms with Gasteiger partial charge in [0.15, 0.2) is 0 Å². The SMILES string of the molecule is OC(c1cc(Br)c(Br)s1)c1cc(C(F)(F)F)ccc1F. The molecular weight excluding hydrogens is 428 g/mol. The summed E-state index contributed by atoms with van der Waals surface area (Å²) in [6.07, 6.45) is -6.04. The summed E-state index contributed by atoms with van der Waals surface area (Å²) in [6, 6.07) is 3.51. The third-order valence-electron chi connectivity index (χ3n) is 2.55. The largest absolute Gasteiger partial charge is 0.416 e. The Hall–Kier alpha value is -0.440. The molecule has 8 heteroatoms. The zero-order chi connectivity index (χ0) is 15.1. The Morgan fingerprint density at radius 3 is 2.30 bits per heavy atom. The molecule has 1 heterocycles. The van der Waals surface area contributed by atoms with Gasteiger partial charge in [0, 0.05) is 14.9 Å². The quantitative estimate of drug-likeness (QED) is 0.619. The fourth-order valence-corrected chi connectivity index (χ4v) is 3.68. The molecule has 0 spiro atoms. The van der Waals surface area contributed by atoms with E-state index in [4.69, 9.17) is 0 Å². The first kappa shape index (κ1) is 15.9. The van der Waals surface area contributed by atoms with Gasteiger partial charge in [-0.1, -0.05) is 0 Å². The van der Waals surface area contributed by atoms with E-state index in [1.807, 2.05) is 0 Å². The Labute approximate surface area is 132 Å². The highest BCUT2D eigenvalue weighted by molar-refractivity contribution is 9.13. The van der Waals surface area contributed by atoms with E-state index in [0.717, 1.165) is 11.3 Å². The normalized spacial score (nSPS) is 13.6. The number of hydrogen-bond donors (Lipinski definition) is 1. The first-order valence-corrected chi connectivity index (χ1v) is 7.60. The summed E-state index contributed by atoms with van der Waals surface area (Å²) in [6.45, 7) is 0. The lowest BCUT2D eigenvalue weighted by molar-refractivity contribution is -0.137. The number of alkyl halides is 3. The molecule has 1 unspecified atom stereocenters. The minimum Gasteiger partial charge on any atom is -0.383 e. The van der Waals surface area contributed by atoms with E-state index in [9.17, 15) is 22.7 Å². The van der Waals surface area contributed by atoms with E-state index in [0.29, 0.717) is 31.3 Å². The van der Waals surface area contributed by atoms with Crippen LogP contribution in [0.15, 0.2) is 32.5 Å². The van der Waals surface area contributed by atoms with Crippen LogP contribution >= 0.6 is 43.2 Å². The van der Waals surface area contributed by atoms with Gasteiger partial charge in [0.1, 0.15) is 11.9 Å². The third kappa shape index (κ3) is 3.24. The van der Waals surface area contributed by atoms with Gasteiger partial charge >= 0.3 is 6.18 Å². The smallest absolute Gasteiger partial charge is 0.383 e. The monoisotopic (exact) mass is 432 g/mol. The van der Waals surface area contributed by atoms with Crippen LogP contribution < -0.4 is 0 Å². The molecule has 2 rings (SSSR count). The zero-order valence-corrected chi connectivity index (χ0v) is 13.5. The maximum Gasteiger partial charge on any atom is 0.416 e. The van der Waals surface area contributed by atoms with Crippen LogP contribution in [0.3, 0.4) is 0 Å². The first-order chi connectivity index (χ1) is 9.20. The molecule has 0 aliphatic rings. The maximum absolute atomic E-state index is 13.7. The highest BCUT2D eigenvalue weighted by Crippen LogP contribution is 2.39. The average Bonchev–Trinajstić information content (AvgIpc) is 2.68. The predicted octanol–water partition coefficient (Wildman–Crippen LogP) is 5.51. The molecule has 2 aromatic rings. The van der Waals surface area contributed by atoms with E-state index < -0.39 is 29.2 Å². The van der Waals surface area contributed by atoms with Gasteiger partial charge in [-0.15, -0.1) is 11.3 Å². The van der Waals surface area contributed by atoms with Crippen LogP contribution in [0.2, 0.25) is 0 Å². The van der Waals surface area contributed by atoms with Crippen molar-refractivity contribution >= 4 is 43.2 Å². The Balaban J connectivity index is 2.46. The number of rotatable bonds is 2. The van der Waals surface area contributed by atoms with Gasteiger partial charge in [0.2, 0.25) is 0 Å². The van der Waals surface area contributed by atoms with Crippen molar-refractivity contribution in [3.05, 3.63) is 54.3 Å². The highest BCUT2D eigenvalue weighted by Gasteiger charge is 2.32. The molecule has 0 fully saturated rings. The molecule has 0 aliphatic heterocycles. The molecule has 0 amide bonds. The van der Waals surface area contributed by atoms with Crippen LogP contribution in [0.4, 0.5) is 17.6 Å². The molecule has 1 N–H and O–H groups in total. The number of thiophene rings is 1. The molecule has 1 aromatic heterocycles. The molecule has 1 atom stereocenters. The summed E-state index contributed by atoms with van der Waals surface area (Å²) >= 11 is 7.52. The van der Waals surface area contributed by atoms with Gasteiger partial charge in [0.05, 0.1) is 9.35 Å². The minimum atomic E-state index is -4.58. The summed E-state index contributed by atoms with van der Waals surface area (Å²) < 4.78 is 52.8. The summed E-state index contributed by atoms with van der Waals surface area (Å²) in [4.78, 5) is 0.335. The van der Waals surface area contributed by atoms with Crippen molar-refractivity contribution in [1.82, 2.24) is 0 Å². The van der Waals surface area contributed by atoms with Crippen molar-refractivity contribution in [2.24, 2.45) is 0 Å². The van der Waals surface area contributed by atoms with Crippen LogP contribution in [0.5, 0.6) is 0 Å². The molecule has 1 nitrogen and oxygen atoms in total. The van der Waals surface area contributed by atoms with Crippen LogP contribution in [0.1, 0.15) is 22.1 Å². The minimum absolute atomic E-state index is 0.335. The molecule has 20 heavy (non-hydrogen) atoms. The zero-order valence-electron chi connectivity index (χ0n) is 9.51. The van der Waals surface area contributed by atoms with Crippen molar-refractivity contribution < 1.29 is 22.7 Å². The van der Waals surface area contributed by atoms with E-state index in [1.54, 1.807) is 0 Å². The predicted molar refractivity (Wildman–Crippen MR) is 75.2 cm³/mol. The van der Waals surface area contributed by atoms with Crippen LogP contribution in [-0.2, 0) is 6.18 Å². The van der Waals surface area contributed by atoms with E-state index in [1.165, 1.54) is 6.07 Å². The Morgan fingerprint density at radius 2 is 1.80 bits per heavy atom. The average molecular weight is 434 g/mol. The summed E-state index contributed by atoms with van der Waals surface area (Å²) in [5.74, 6) is -0.883. The van der Waals surface area contributed by atoms with Gasteiger partial charge in [0.25, 0.3) is 0 Å². The summed E-state index contributed by atoms with van der Waals surface area (Å²) in [5.41, 5.74) is -1.40. The Morgan fingerprint density at radius 1 is 1.15 bits per heavy atom. The van der Waals surface area contributed by atoms with Gasteiger partial charge < -0.3 is 5.11 Å². The maximum atomic E-state index is 13.7. The van der Waals surface area contributed by atoms with Crippen molar-refractivity contribution in [3.63, 3.8) is 0 Å². The van der Waals surface area contributed by atoms with Gasteiger partial charge in [-0.05, 0) is 56.1 Å². The lowest BCUT2D eigenvalue weighted by Crippen LogP contribution is -2.08. The molecule has 1 aromatic carbocycles. The van der Waals surface area contributed by atoms with Crippen LogP contribution in [-0.4, -0.2) is 5.11 Å². The summed E-state index contributed by atoms with van der Waals surface area (Å²) in [7, 11) is 0. The molecule has 0 radical (unpaired) electrons. The number of halogens is 6. The molecular formula is C12H6Br2F4OS. The highest BCUT2D eigenvalue weighted by atomic mass is 79.9. The van der Waals surface area contributed by atoms with Crippen molar-refractivity contribution in [2.75, 3.05) is 0 Å². The third-order valence-corrected chi connectivity index (χ3v) is 5.86. The molecule has 0 saturated heterocycles. The topological polar surface area (TPSA) is 20.2 Å². The first-order valence-electron chi connectivity index (χ1n) is 5.19. The molecule has 0 bridgehead atoms. The van der Waals surface area contributed by atoms with Crippen LogP contribution in [0.25, 0.3) is 0 Å². The fourth-order valence-electron chi connectivity index (χ4n) is 1.58. The lowest BCUT2D eigenvalue weighted by atomic mass is 10.0. The fraction of sp³-hybridized carbons (Fsp3) is 0.167. The van der Waals surface area contributed by atoms with Crippen LogP contribution in [0, 0.1) is 5.82 Å². The van der Waals surface area contributed by atoms with Crippen molar-refractivity contribution in [1.29, 1.82) is 0 Å². The van der Waals surface area contributed by atoms with E-state index >= 15 is 0 Å². The van der Waals surface area contributed by atoms with Gasteiger partial charge in [-0.2, -0.15) is 13.2 Å². The number of benzene rings is 1. The number of hydrogen-bond acceptors (Lipinski definition) is 2. The Kier molecular flexibility index (Phi) is 4.58. The number of aliphatic hydroxyl groups excluding tert-OH is 1. The second kappa shape index (κ2) is 5.75. The molecule has 108 valence electrons. The second-order valence-electron chi connectivity index (χ2n) is 3.91. The standard InChI is InChI=1S/C12H6Br2F4OS/c13-7-4-9(20-11(7)14)10(19)6-3-5(12(16,17)18)1-2-8(6)15/h1-4,10,19H. The van der Waals surface area contributed by atoms with Crippen molar-refractivity contribution in [2.45, 2.75) is 12.3 Å². The van der Waals surface area contributed by atoms with E-state index in [-0.39, 0.29) is 0 Å². The number of aliphatic hydroxyl groups is 1. The second-order valence-corrected chi connectivity index (χ2v) is 7.16. The van der Waals surface area contributed by atoms with Gasteiger partial charge in [-0.3, -0.25) is 0 Å². The van der Waals surface area contributed by atoms with E-state index in [2.05, 4.69) is 31.9 Å². The molecule has 0 aliphatic carbocycles. The molecule has 0 saturated carbocycles. The van der Waals surface area contributed by atoms with Gasteiger partial charge in [-0.25, -0.2) is 4.39 Å². The van der Waals surface area contributed by atoms with Crippen molar-refractivity contribution in [3.8, 4) is 0 Å². The summed E-state index contributed by atoms with van der Waals surface area (Å²) in [5, 5.41) is 10.1. The lowest BCUT2D eigenvalue weighted by Gasteiger charge is -2.13.